The van der Waals surface area contributed by atoms with E-state index in [9.17, 15) is 13.2 Å². The van der Waals surface area contributed by atoms with Gasteiger partial charge < -0.3 is 10.1 Å². The molecule has 0 saturated heterocycles. The SMILES string of the molecule is FC(F)(F)OC1=CCC(Nc2cc(-c3cn[nH]c3)ncn2)C=CC1. The Morgan fingerprint density at radius 2 is 2.17 bits per heavy atom. The molecule has 0 aliphatic heterocycles. The second-order valence-corrected chi connectivity index (χ2v) is 5.11. The van der Waals surface area contributed by atoms with Crippen molar-refractivity contribution in [1.82, 2.24) is 20.2 Å². The van der Waals surface area contributed by atoms with Crippen LogP contribution < -0.4 is 5.32 Å². The van der Waals surface area contributed by atoms with Gasteiger partial charge in [-0.1, -0.05) is 12.2 Å². The van der Waals surface area contributed by atoms with E-state index in [2.05, 4.69) is 30.2 Å². The Balaban J connectivity index is 1.67. The number of rotatable bonds is 4. The van der Waals surface area contributed by atoms with E-state index in [-0.39, 0.29) is 18.2 Å². The Bertz CT molecular complexity index is 740. The zero-order valence-corrected chi connectivity index (χ0v) is 12.4. The van der Waals surface area contributed by atoms with E-state index in [4.69, 9.17) is 0 Å². The highest BCUT2D eigenvalue weighted by atomic mass is 19.4. The number of hydrogen-bond donors (Lipinski definition) is 2. The summed E-state index contributed by atoms with van der Waals surface area (Å²) in [5, 5.41) is 9.73. The molecule has 1 unspecified atom stereocenters. The third-order valence-corrected chi connectivity index (χ3v) is 3.33. The van der Waals surface area contributed by atoms with Gasteiger partial charge in [-0.05, 0) is 12.5 Å². The van der Waals surface area contributed by atoms with E-state index < -0.39 is 6.36 Å². The summed E-state index contributed by atoms with van der Waals surface area (Å²) in [5.41, 5.74) is 1.51. The first-order valence-corrected chi connectivity index (χ1v) is 7.19. The number of nitrogens with one attached hydrogen (secondary N) is 2. The highest BCUT2D eigenvalue weighted by Gasteiger charge is 2.32. The number of alkyl halides is 3. The van der Waals surface area contributed by atoms with E-state index >= 15 is 0 Å². The van der Waals surface area contributed by atoms with Crippen molar-refractivity contribution in [3.8, 4) is 11.3 Å². The van der Waals surface area contributed by atoms with E-state index in [0.717, 1.165) is 5.56 Å². The molecule has 126 valence electrons. The molecular formula is C15H14F3N5O. The summed E-state index contributed by atoms with van der Waals surface area (Å²) < 4.78 is 40.8. The number of nitrogens with zero attached hydrogens (tertiary/aromatic N) is 3. The Morgan fingerprint density at radius 1 is 1.29 bits per heavy atom. The lowest BCUT2D eigenvalue weighted by atomic mass is 10.2. The highest BCUT2D eigenvalue weighted by Crippen LogP contribution is 2.25. The zero-order valence-electron chi connectivity index (χ0n) is 12.4. The summed E-state index contributed by atoms with van der Waals surface area (Å²) in [5.74, 6) is 0.467. The van der Waals surface area contributed by atoms with Crippen molar-refractivity contribution in [3.05, 3.63) is 48.8 Å². The minimum absolute atomic E-state index is 0.0989. The fraction of sp³-hybridized carbons (Fsp3) is 0.267. The molecule has 6 nitrogen and oxygen atoms in total. The van der Waals surface area contributed by atoms with Gasteiger partial charge in [0.05, 0.1) is 11.9 Å². The number of aromatic nitrogens is 4. The molecule has 0 fully saturated rings. The number of H-pyrrole nitrogens is 1. The van der Waals surface area contributed by atoms with Gasteiger partial charge in [0.2, 0.25) is 0 Å². The van der Waals surface area contributed by atoms with Crippen molar-refractivity contribution < 1.29 is 17.9 Å². The van der Waals surface area contributed by atoms with Gasteiger partial charge in [0.15, 0.2) is 0 Å². The number of halogens is 3. The molecule has 0 radical (unpaired) electrons. The summed E-state index contributed by atoms with van der Waals surface area (Å²) in [6.07, 6.45) is 5.42. The maximum atomic E-state index is 12.3. The zero-order chi connectivity index (χ0) is 17.0. The predicted octanol–water partition coefficient (Wildman–Crippen LogP) is 3.42. The van der Waals surface area contributed by atoms with Crippen LogP contribution in [0.4, 0.5) is 19.0 Å². The molecule has 0 aromatic carbocycles. The number of anilines is 1. The van der Waals surface area contributed by atoms with Gasteiger partial charge in [0, 0.05) is 30.3 Å². The van der Waals surface area contributed by atoms with Gasteiger partial charge in [0.25, 0.3) is 0 Å². The largest absolute Gasteiger partial charge is 0.572 e. The van der Waals surface area contributed by atoms with Crippen molar-refractivity contribution in [1.29, 1.82) is 0 Å². The highest BCUT2D eigenvalue weighted by molar-refractivity contribution is 5.60. The number of ether oxygens (including phenoxy) is 1. The third kappa shape index (κ3) is 4.34. The van der Waals surface area contributed by atoms with Crippen molar-refractivity contribution in [3.63, 3.8) is 0 Å². The first-order chi connectivity index (χ1) is 11.5. The van der Waals surface area contributed by atoms with Crippen LogP contribution in [0.15, 0.2) is 48.8 Å². The Hall–Kier alpha value is -2.84. The van der Waals surface area contributed by atoms with Crippen LogP contribution in [0.5, 0.6) is 0 Å². The lowest BCUT2D eigenvalue weighted by molar-refractivity contribution is -0.306. The summed E-state index contributed by atoms with van der Waals surface area (Å²) in [4.78, 5) is 8.29. The van der Waals surface area contributed by atoms with Crippen molar-refractivity contribution in [2.24, 2.45) is 0 Å². The molecule has 3 rings (SSSR count). The minimum atomic E-state index is -4.67. The van der Waals surface area contributed by atoms with Crippen molar-refractivity contribution >= 4 is 5.82 Å². The summed E-state index contributed by atoms with van der Waals surface area (Å²) in [6, 6.07) is 1.56. The fourth-order valence-electron chi connectivity index (χ4n) is 2.28. The van der Waals surface area contributed by atoms with Crippen LogP contribution in [-0.2, 0) is 4.74 Å². The topological polar surface area (TPSA) is 75.7 Å². The quantitative estimate of drug-likeness (QED) is 0.836. The van der Waals surface area contributed by atoms with Gasteiger partial charge in [0.1, 0.15) is 17.9 Å². The van der Waals surface area contributed by atoms with Crippen LogP contribution in [-0.4, -0.2) is 32.6 Å². The maximum Gasteiger partial charge on any atom is 0.572 e. The molecule has 1 aliphatic rings. The van der Waals surface area contributed by atoms with Crippen LogP contribution >= 0.6 is 0 Å². The molecule has 0 saturated carbocycles. The van der Waals surface area contributed by atoms with Crippen LogP contribution in [0, 0.1) is 0 Å². The van der Waals surface area contributed by atoms with Gasteiger partial charge in [-0.3, -0.25) is 5.10 Å². The van der Waals surface area contributed by atoms with Crippen molar-refractivity contribution in [2.45, 2.75) is 25.2 Å². The average Bonchev–Trinajstić information content (AvgIpc) is 2.97. The number of aromatic amines is 1. The van der Waals surface area contributed by atoms with E-state index in [0.29, 0.717) is 17.9 Å². The first kappa shape index (κ1) is 16.0. The fourth-order valence-corrected chi connectivity index (χ4v) is 2.28. The molecule has 0 spiro atoms. The molecule has 24 heavy (non-hydrogen) atoms. The minimum Gasteiger partial charge on any atom is -0.410 e. The lowest BCUT2D eigenvalue weighted by Crippen LogP contribution is -2.16. The molecule has 2 aromatic heterocycles. The molecule has 1 aliphatic carbocycles. The molecule has 9 heteroatoms. The Kier molecular flexibility index (Phi) is 4.50. The molecule has 0 bridgehead atoms. The van der Waals surface area contributed by atoms with Crippen LogP contribution in [0.25, 0.3) is 11.3 Å². The second-order valence-electron chi connectivity index (χ2n) is 5.11. The maximum absolute atomic E-state index is 12.3. The summed E-state index contributed by atoms with van der Waals surface area (Å²) in [7, 11) is 0. The Morgan fingerprint density at radius 3 is 2.92 bits per heavy atom. The van der Waals surface area contributed by atoms with E-state index in [1.165, 1.54) is 12.4 Å². The normalized spacial score (nSPS) is 18.0. The van der Waals surface area contributed by atoms with Crippen LogP contribution in [0.1, 0.15) is 12.8 Å². The molecule has 1 atom stereocenters. The molecule has 2 heterocycles. The molecule has 0 amide bonds. The molecular weight excluding hydrogens is 323 g/mol. The smallest absolute Gasteiger partial charge is 0.410 e. The average molecular weight is 337 g/mol. The van der Waals surface area contributed by atoms with E-state index in [1.807, 2.05) is 0 Å². The van der Waals surface area contributed by atoms with Gasteiger partial charge >= 0.3 is 6.36 Å². The predicted molar refractivity (Wildman–Crippen MR) is 80.6 cm³/mol. The van der Waals surface area contributed by atoms with Crippen molar-refractivity contribution in [2.75, 3.05) is 5.32 Å². The van der Waals surface area contributed by atoms with Crippen LogP contribution in [0.3, 0.4) is 0 Å². The lowest BCUT2D eigenvalue weighted by Gasteiger charge is -2.14. The third-order valence-electron chi connectivity index (χ3n) is 3.33. The van der Waals surface area contributed by atoms with Gasteiger partial charge in [-0.15, -0.1) is 13.2 Å². The molecule has 2 N–H and O–H groups in total. The molecule has 2 aromatic rings. The first-order valence-electron chi connectivity index (χ1n) is 7.19. The van der Waals surface area contributed by atoms with Gasteiger partial charge in [-0.25, -0.2) is 9.97 Å². The van der Waals surface area contributed by atoms with Gasteiger partial charge in [-0.2, -0.15) is 5.10 Å². The monoisotopic (exact) mass is 337 g/mol. The number of allylic oxidation sites excluding steroid dienone is 1. The standard InChI is InChI=1S/C15H14F3N5O/c16-15(17,18)24-12-3-1-2-11(4-5-12)23-14-6-13(19-9-20-14)10-7-21-22-8-10/h1-2,5-9,11H,3-4H2,(H,21,22)(H,19,20,23). The summed E-state index contributed by atoms with van der Waals surface area (Å²) >= 11 is 0. The summed E-state index contributed by atoms with van der Waals surface area (Å²) in [6.45, 7) is 0. The Labute approximate surface area is 135 Å². The van der Waals surface area contributed by atoms with Crippen LogP contribution in [0.2, 0.25) is 0 Å². The second kappa shape index (κ2) is 6.73. The van der Waals surface area contributed by atoms with E-state index in [1.54, 1.807) is 30.6 Å². The number of hydrogen-bond acceptors (Lipinski definition) is 5.